The van der Waals surface area contributed by atoms with Crippen molar-refractivity contribution in [2.75, 3.05) is 30.7 Å². The lowest BCUT2D eigenvalue weighted by atomic mass is 9.96. The van der Waals surface area contributed by atoms with E-state index in [1.807, 2.05) is 6.92 Å². The van der Waals surface area contributed by atoms with E-state index in [-0.39, 0.29) is 0 Å². The molecule has 0 amide bonds. The van der Waals surface area contributed by atoms with Crippen molar-refractivity contribution in [3.8, 4) is 0 Å². The van der Waals surface area contributed by atoms with Gasteiger partial charge in [0.1, 0.15) is 5.69 Å². The van der Waals surface area contributed by atoms with Crippen LogP contribution in [0.4, 0.5) is 17.1 Å². The van der Waals surface area contributed by atoms with E-state index < -0.39 is 0 Å². The highest BCUT2D eigenvalue weighted by Gasteiger charge is 2.22. The minimum atomic E-state index is 0.574. The molecule has 0 aromatic heterocycles. The van der Waals surface area contributed by atoms with Crippen molar-refractivity contribution in [1.29, 1.82) is 0 Å². The molecule has 0 radical (unpaired) electrons. The number of nitrogens with one attached hydrogen (secondary N) is 2. The Hall–Kier alpha value is -0.790. The van der Waals surface area contributed by atoms with Gasteiger partial charge in [-0.25, -0.2) is 4.99 Å². The monoisotopic (exact) mass is 417 g/mol. The molecule has 7 heteroatoms. The molecule has 1 aliphatic heterocycles. The van der Waals surface area contributed by atoms with Gasteiger partial charge in [0.25, 0.3) is 0 Å². The number of nitrogens with zero attached hydrogens (tertiary/aromatic N) is 1. The predicted molar refractivity (Wildman–Crippen MR) is 97.8 cm³/mol. The van der Waals surface area contributed by atoms with E-state index in [2.05, 4.69) is 47.5 Å². The molecule has 0 saturated carbocycles. The molecule has 1 heterocycles. The first-order valence-corrected chi connectivity index (χ1v) is 8.93. The van der Waals surface area contributed by atoms with Crippen LogP contribution in [0.3, 0.4) is 0 Å². The zero-order chi connectivity index (χ0) is 15.4. The number of hydrogen-bond acceptors (Lipinski definition) is 4. The van der Waals surface area contributed by atoms with E-state index in [0.29, 0.717) is 18.8 Å². The van der Waals surface area contributed by atoms with Crippen molar-refractivity contribution in [3.63, 3.8) is 0 Å². The zero-order valence-corrected chi connectivity index (χ0v) is 15.3. The van der Waals surface area contributed by atoms with Crippen LogP contribution in [-0.2, 0) is 11.8 Å². The number of benzene rings is 1. The Bertz CT molecular complexity index is 557. The van der Waals surface area contributed by atoms with Crippen molar-refractivity contribution in [3.05, 3.63) is 15.6 Å². The topological polar surface area (TPSA) is 88.5 Å². The Kier molecular flexibility index (Phi) is 5.89. The maximum atomic E-state index is 6.29. The first kappa shape index (κ1) is 16.6. The molecule has 0 atom stereocenters. The summed E-state index contributed by atoms with van der Waals surface area (Å²) in [6.07, 6.45) is 2.16. The highest BCUT2D eigenvalue weighted by Crippen LogP contribution is 2.45. The quantitative estimate of drug-likeness (QED) is 0.262. The highest BCUT2D eigenvalue weighted by molar-refractivity contribution is 9.11. The van der Waals surface area contributed by atoms with E-state index in [1.165, 1.54) is 11.1 Å². The molecule has 1 aromatic carbocycles. The number of aliphatic imine (C=N–C) groups is 1. The molecule has 0 aliphatic carbocycles. The first-order valence-electron chi connectivity index (χ1n) is 7.01. The zero-order valence-electron chi connectivity index (χ0n) is 12.1. The molecule has 6 N–H and O–H groups in total. The normalized spacial score (nSPS) is 14.6. The summed E-state index contributed by atoms with van der Waals surface area (Å²) in [5.41, 5.74) is 16.8. The minimum absolute atomic E-state index is 0.574. The van der Waals surface area contributed by atoms with Crippen molar-refractivity contribution in [2.24, 2.45) is 10.7 Å². The molecule has 0 saturated heterocycles. The van der Waals surface area contributed by atoms with Gasteiger partial charge >= 0.3 is 0 Å². The number of hydrogen-bond donors (Lipinski definition) is 4. The summed E-state index contributed by atoms with van der Waals surface area (Å²) < 4.78 is 0.937. The second-order valence-corrected chi connectivity index (χ2v) is 6.34. The molecule has 1 aromatic rings. The largest absolute Gasteiger partial charge is 0.396 e. The van der Waals surface area contributed by atoms with Crippen LogP contribution in [0, 0.1) is 0 Å². The minimum Gasteiger partial charge on any atom is -0.396 e. The average Bonchev–Trinajstić information content (AvgIpc) is 2.50. The summed E-state index contributed by atoms with van der Waals surface area (Å²) in [7, 11) is 0. The number of amidine groups is 1. The molecule has 0 unspecified atom stereocenters. The van der Waals surface area contributed by atoms with E-state index >= 15 is 0 Å². The van der Waals surface area contributed by atoms with Crippen LogP contribution in [0.15, 0.2) is 9.47 Å². The van der Waals surface area contributed by atoms with Gasteiger partial charge in [0.15, 0.2) is 0 Å². The van der Waals surface area contributed by atoms with Crippen LogP contribution in [0.5, 0.6) is 0 Å². The van der Waals surface area contributed by atoms with Gasteiger partial charge < -0.3 is 22.1 Å². The van der Waals surface area contributed by atoms with Crippen molar-refractivity contribution in [2.45, 2.75) is 25.1 Å². The summed E-state index contributed by atoms with van der Waals surface area (Å²) in [6, 6.07) is 0. The van der Waals surface area contributed by atoms with Crippen molar-refractivity contribution in [1.82, 2.24) is 5.32 Å². The second kappa shape index (κ2) is 7.47. The van der Waals surface area contributed by atoms with Gasteiger partial charge in [-0.05, 0) is 46.8 Å². The van der Waals surface area contributed by atoms with Crippen LogP contribution in [0.1, 0.15) is 24.5 Å². The smallest absolute Gasteiger partial charge is 0.113 e. The SMILES string of the molecule is C/C(=N\c1c(N)c(Br)c(CBr)c2c1NCCC2)NCCN. The number of nitrogens with two attached hydrogens (primary N) is 2. The van der Waals surface area contributed by atoms with E-state index in [9.17, 15) is 0 Å². The van der Waals surface area contributed by atoms with E-state index in [4.69, 9.17) is 11.5 Å². The average molecular weight is 419 g/mol. The number of nitrogen functional groups attached to an aromatic ring is 1. The number of alkyl halides is 1. The predicted octanol–water partition coefficient (Wildman–Crippen LogP) is 2.88. The highest BCUT2D eigenvalue weighted by atomic mass is 79.9. The Labute approximate surface area is 142 Å². The lowest BCUT2D eigenvalue weighted by Gasteiger charge is -2.25. The van der Waals surface area contributed by atoms with Gasteiger partial charge in [-0.15, -0.1) is 0 Å². The number of fused-ring (bicyclic) bond motifs is 1. The Morgan fingerprint density at radius 3 is 2.90 bits per heavy atom. The standard InChI is InChI=1S/C14H21Br2N5/c1-8(19-6-4-17)21-14-12(18)11(16)10(7-15)9-3-2-5-20-13(9)14/h20H,2-7,17-18H2,1H3,(H,19,21). The summed E-state index contributed by atoms with van der Waals surface area (Å²) in [6.45, 7) is 4.15. The summed E-state index contributed by atoms with van der Waals surface area (Å²) in [5, 5.41) is 7.41. The fourth-order valence-electron chi connectivity index (χ4n) is 2.49. The van der Waals surface area contributed by atoms with Crippen LogP contribution in [0.2, 0.25) is 0 Å². The van der Waals surface area contributed by atoms with Gasteiger partial charge in [0, 0.05) is 29.4 Å². The summed E-state index contributed by atoms with van der Waals surface area (Å²) >= 11 is 7.18. The molecule has 5 nitrogen and oxygen atoms in total. The summed E-state index contributed by atoms with van der Waals surface area (Å²) in [4.78, 5) is 4.66. The van der Waals surface area contributed by atoms with Crippen LogP contribution in [0.25, 0.3) is 0 Å². The molecule has 0 bridgehead atoms. The Morgan fingerprint density at radius 2 is 2.24 bits per heavy atom. The van der Waals surface area contributed by atoms with Gasteiger partial charge in [0.2, 0.25) is 0 Å². The third kappa shape index (κ3) is 3.52. The van der Waals surface area contributed by atoms with Gasteiger partial charge in [-0.3, -0.25) is 0 Å². The molecular formula is C14H21Br2N5. The molecule has 0 spiro atoms. The lowest BCUT2D eigenvalue weighted by molar-refractivity contribution is 0.822. The third-order valence-electron chi connectivity index (χ3n) is 3.50. The molecule has 1 aliphatic rings. The van der Waals surface area contributed by atoms with E-state index in [1.54, 1.807) is 0 Å². The summed E-state index contributed by atoms with van der Waals surface area (Å²) in [5.74, 6) is 0.820. The second-order valence-electron chi connectivity index (χ2n) is 4.98. The molecular weight excluding hydrogens is 398 g/mol. The third-order valence-corrected chi connectivity index (χ3v) is 4.97. The number of anilines is 2. The van der Waals surface area contributed by atoms with E-state index in [0.717, 1.165) is 46.4 Å². The molecule has 2 rings (SSSR count). The number of halogens is 2. The number of rotatable bonds is 4. The fraction of sp³-hybridized carbons (Fsp3) is 0.500. The lowest BCUT2D eigenvalue weighted by Crippen LogP contribution is -2.27. The van der Waals surface area contributed by atoms with Crippen molar-refractivity contribution >= 4 is 54.8 Å². The van der Waals surface area contributed by atoms with Gasteiger partial charge in [-0.1, -0.05) is 15.9 Å². The maximum absolute atomic E-state index is 6.29. The van der Waals surface area contributed by atoms with Crippen molar-refractivity contribution < 1.29 is 0 Å². The van der Waals surface area contributed by atoms with Crippen LogP contribution in [-0.4, -0.2) is 25.5 Å². The molecule has 0 fully saturated rings. The Morgan fingerprint density at radius 1 is 1.48 bits per heavy atom. The molecule has 116 valence electrons. The fourth-order valence-corrected chi connectivity index (χ4v) is 4.05. The first-order chi connectivity index (χ1) is 10.1. The van der Waals surface area contributed by atoms with Gasteiger partial charge in [0.05, 0.1) is 17.2 Å². The molecule has 21 heavy (non-hydrogen) atoms. The van der Waals surface area contributed by atoms with Gasteiger partial charge in [-0.2, -0.15) is 0 Å². The van der Waals surface area contributed by atoms with Crippen LogP contribution < -0.4 is 22.1 Å². The Balaban J connectivity index is 2.52. The maximum Gasteiger partial charge on any atom is 0.113 e. The van der Waals surface area contributed by atoms with Crippen LogP contribution >= 0.6 is 31.9 Å².